The lowest BCUT2D eigenvalue weighted by Gasteiger charge is -2.00. The Balaban J connectivity index is 2.01. The number of halogens is 1. The second kappa shape index (κ2) is 6.74. The average molecular weight is 357 g/mol. The predicted molar refractivity (Wildman–Crippen MR) is 93.7 cm³/mol. The first-order valence-corrected chi connectivity index (χ1v) is 7.67. The van der Waals surface area contributed by atoms with Crippen molar-refractivity contribution in [1.82, 2.24) is 9.78 Å². The molecule has 0 amide bonds. The van der Waals surface area contributed by atoms with E-state index in [0.29, 0.717) is 16.4 Å². The molecule has 25 heavy (non-hydrogen) atoms. The Morgan fingerprint density at radius 2 is 1.80 bits per heavy atom. The maximum Gasteiger partial charge on any atom is 0.337 e. The van der Waals surface area contributed by atoms with Gasteiger partial charge in [0.15, 0.2) is 5.69 Å². The van der Waals surface area contributed by atoms with Crippen molar-refractivity contribution in [2.45, 2.75) is 6.92 Å². The molecule has 0 bridgehead atoms. The van der Waals surface area contributed by atoms with Crippen LogP contribution in [0.5, 0.6) is 0 Å². The average Bonchev–Trinajstić information content (AvgIpc) is 2.88. The van der Waals surface area contributed by atoms with Crippen molar-refractivity contribution in [2.24, 2.45) is 10.2 Å². The van der Waals surface area contributed by atoms with Crippen molar-refractivity contribution in [3.8, 4) is 5.69 Å². The van der Waals surface area contributed by atoms with Crippen LogP contribution in [0.3, 0.4) is 0 Å². The topological polar surface area (TPSA) is 99.8 Å². The zero-order chi connectivity index (χ0) is 18.0. The van der Waals surface area contributed by atoms with E-state index in [-0.39, 0.29) is 16.9 Å². The van der Waals surface area contributed by atoms with Gasteiger partial charge in [0.25, 0.3) is 5.56 Å². The highest BCUT2D eigenvalue weighted by Crippen LogP contribution is 2.22. The highest BCUT2D eigenvalue weighted by Gasteiger charge is 2.13. The lowest BCUT2D eigenvalue weighted by Crippen LogP contribution is -2.13. The summed E-state index contributed by atoms with van der Waals surface area (Å²) in [5, 5.41) is 20.5. The van der Waals surface area contributed by atoms with Gasteiger partial charge in [0.1, 0.15) is 5.69 Å². The van der Waals surface area contributed by atoms with Gasteiger partial charge in [-0.25, -0.2) is 9.48 Å². The highest BCUT2D eigenvalue weighted by atomic mass is 35.5. The van der Waals surface area contributed by atoms with Gasteiger partial charge in [0, 0.05) is 5.02 Å². The second-order valence-electron chi connectivity index (χ2n) is 5.22. The number of carboxylic acids is 1. The normalized spacial score (nSPS) is 11.1. The van der Waals surface area contributed by atoms with E-state index < -0.39 is 11.5 Å². The number of aromatic nitrogens is 2. The van der Waals surface area contributed by atoms with Crippen LogP contribution in [-0.4, -0.2) is 20.9 Å². The molecule has 1 aromatic heterocycles. The number of rotatable bonds is 4. The van der Waals surface area contributed by atoms with E-state index in [1.807, 2.05) is 0 Å². The lowest BCUT2D eigenvalue weighted by atomic mass is 10.2. The summed E-state index contributed by atoms with van der Waals surface area (Å²) in [6.07, 6.45) is 0. The third kappa shape index (κ3) is 3.36. The standard InChI is InChI=1S/C17H13ClN4O3/c1-10-15(20-19-14-5-3-2-4-13(14)17(24)25)16(23)22(21-10)12-8-6-11(18)7-9-12/h2-9,21H,1H3,(H,24,25). The van der Waals surface area contributed by atoms with Crippen LogP contribution in [0.2, 0.25) is 5.02 Å². The van der Waals surface area contributed by atoms with E-state index in [2.05, 4.69) is 15.3 Å². The molecule has 3 rings (SSSR count). The molecule has 0 radical (unpaired) electrons. The molecule has 2 aromatic carbocycles. The fourth-order valence-corrected chi connectivity index (χ4v) is 2.40. The van der Waals surface area contributed by atoms with E-state index in [0.717, 1.165) is 0 Å². The molecule has 8 heteroatoms. The second-order valence-corrected chi connectivity index (χ2v) is 5.66. The Bertz CT molecular complexity index is 1020. The molecule has 0 aliphatic carbocycles. The minimum absolute atomic E-state index is 0.0115. The number of benzene rings is 2. The first kappa shape index (κ1) is 16.7. The number of hydrogen-bond acceptors (Lipinski definition) is 4. The molecule has 1 heterocycles. The largest absolute Gasteiger partial charge is 0.478 e. The SMILES string of the molecule is Cc1[nH]n(-c2ccc(Cl)cc2)c(=O)c1N=Nc1ccccc1C(=O)O. The maximum absolute atomic E-state index is 12.5. The van der Waals surface area contributed by atoms with Crippen molar-refractivity contribution < 1.29 is 9.90 Å². The molecule has 0 spiro atoms. The number of nitrogens with zero attached hydrogens (tertiary/aromatic N) is 3. The van der Waals surface area contributed by atoms with Gasteiger partial charge >= 0.3 is 5.97 Å². The summed E-state index contributed by atoms with van der Waals surface area (Å²) in [5.74, 6) is -1.11. The number of aryl methyl sites for hydroxylation is 1. The van der Waals surface area contributed by atoms with Crippen molar-refractivity contribution in [3.05, 3.63) is 75.2 Å². The van der Waals surface area contributed by atoms with E-state index in [9.17, 15) is 9.59 Å². The molecule has 2 N–H and O–H groups in total. The number of azo groups is 1. The van der Waals surface area contributed by atoms with Gasteiger partial charge in [0.05, 0.1) is 16.9 Å². The number of carbonyl (C=O) groups is 1. The van der Waals surface area contributed by atoms with Crippen LogP contribution in [0, 0.1) is 6.92 Å². The van der Waals surface area contributed by atoms with Crippen LogP contribution in [-0.2, 0) is 0 Å². The summed E-state index contributed by atoms with van der Waals surface area (Å²) in [7, 11) is 0. The van der Waals surface area contributed by atoms with Crippen molar-refractivity contribution in [2.75, 3.05) is 0 Å². The Hall–Kier alpha value is -3.19. The number of hydrogen-bond donors (Lipinski definition) is 2. The quantitative estimate of drug-likeness (QED) is 0.683. The van der Waals surface area contributed by atoms with Crippen LogP contribution < -0.4 is 5.56 Å². The van der Waals surface area contributed by atoms with Crippen LogP contribution in [0.25, 0.3) is 5.69 Å². The molecule has 0 aliphatic heterocycles. The van der Waals surface area contributed by atoms with Gasteiger partial charge in [-0.05, 0) is 43.3 Å². The summed E-state index contributed by atoms with van der Waals surface area (Å²) < 4.78 is 1.32. The van der Waals surface area contributed by atoms with Crippen LogP contribution in [0.1, 0.15) is 16.1 Å². The smallest absolute Gasteiger partial charge is 0.337 e. The summed E-state index contributed by atoms with van der Waals surface area (Å²) in [6, 6.07) is 12.9. The Morgan fingerprint density at radius 3 is 2.48 bits per heavy atom. The number of aromatic carboxylic acids is 1. The van der Waals surface area contributed by atoms with E-state index in [1.165, 1.54) is 16.8 Å². The number of aromatic amines is 1. The minimum atomic E-state index is -1.11. The van der Waals surface area contributed by atoms with E-state index >= 15 is 0 Å². The summed E-state index contributed by atoms with van der Waals surface area (Å²) in [4.78, 5) is 23.7. The third-order valence-corrected chi connectivity index (χ3v) is 3.77. The molecule has 0 fully saturated rings. The van der Waals surface area contributed by atoms with Gasteiger partial charge in [-0.3, -0.25) is 9.89 Å². The lowest BCUT2D eigenvalue weighted by molar-refractivity contribution is 0.0697. The Morgan fingerprint density at radius 1 is 1.12 bits per heavy atom. The van der Waals surface area contributed by atoms with E-state index in [4.69, 9.17) is 16.7 Å². The summed E-state index contributed by atoms with van der Waals surface area (Å²) in [6.45, 7) is 1.69. The van der Waals surface area contributed by atoms with Crippen LogP contribution in [0.15, 0.2) is 63.6 Å². The van der Waals surface area contributed by atoms with Gasteiger partial charge in [-0.15, -0.1) is 10.2 Å². The van der Waals surface area contributed by atoms with Gasteiger partial charge in [-0.2, -0.15) is 0 Å². The van der Waals surface area contributed by atoms with Crippen LogP contribution >= 0.6 is 11.6 Å². The van der Waals surface area contributed by atoms with Gasteiger partial charge in [-0.1, -0.05) is 23.7 Å². The van der Waals surface area contributed by atoms with Gasteiger partial charge < -0.3 is 5.11 Å². The first-order chi connectivity index (χ1) is 12.0. The van der Waals surface area contributed by atoms with E-state index in [1.54, 1.807) is 43.3 Å². The molecule has 7 nitrogen and oxygen atoms in total. The minimum Gasteiger partial charge on any atom is -0.478 e. The van der Waals surface area contributed by atoms with Gasteiger partial charge in [0.2, 0.25) is 0 Å². The molecule has 0 saturated carbocycles. The molecule has 0 saturated heterocycles. The highest BCUT2D eigenvalue weighted by molar-refractivity contribution is 6.30. The molecule has 3 aromatic rings. The number of carboxylic acid groups (broad SMARTS) is 1. The van der Waals surface area contributed by atoms with Crippen LogP contribution in [0.4, 0.5) is 11.4 Å². The van der Waals surface area contributed by atoms with Crippen molar-refractivity contribution in [3.63, 3.8) is 0 Å². The Kier molecular flexibility index (Phi) is 4.49. The number of H-pyrrole nitrogens is 1. The first-order valence-electron chi connectivity index (χ1n) is 7.29. The maximum atomic E-state index is 12.5. The summed E-state index contributed by atoms with van der Waals surface area (Å²) in [5.41, 5.74) is 1.01. The zero-order valence-corrected chi connectivity index (χ0v) is 13.9. The fraction of sp³-hybridized carbons (Fsp3) is 0.0588. The monoisotopic (exact) mass is 356 g/mol. The molecule has 0 aliphatic rings. The number of nitrogens with one attached hydrogen (secondary N) is 1. The Labute approximate surface area is 147 Å². The van der Waals surface area contributed by atoms with Crippen molar-refractivity contribution in [1.29, 1.82) is 0 Å². The molecular formula is C17H13ClN4O3. The molecular weight excluding hydrogens is 344 g/mol. The fourth-order valence-electron chi connectivity index (χ4n) is 2.27. The third-order valence-electron chi connectivity index (χ3n) is 3.52. The molecule has 0 atom stereocenters. The summed E-state index contributed by atoms with van der Waals surface area (Å²) >= 11 is 5.85. The zero-order valence-electron chi connectivity index (χ0n) is 13.1. The predicted octanol–water partition coefficient (Wildman–Crippen LogP) is 4.24. The van der Waals surface area contributed by atoms with Crippen molar-refractivity contribution >= 4 is 28.9 Å². The molecule has 126 valence electrons. The molecule has 0 unspecified atom stereocenters.